The Labute approximate surface area is 244 Å². The molecule has 2 fully saturated rings. The Bertz CT molecular complexity index is 1240. The lowest BCUT2D eigenvalue weighted by atomic mass is 9.88. The van der Waals surface area contributed by atoms with Crippen LogP contribution in [-0.4, -0.2) is 108 Å². The lowest BCUT2D eigenvalue weighted by molar-refractivity contribution is -0.122. The van der Waals surface area contributed by atoms with Crippen LogP contribution in [-0.2, 0) is 11.2 Å². The predicted molar refractivity (Wildman–Crippen MR) is 154 cm³/mol. The van der Waals surface area contributed by atoms with Gasteiger partial charge in [0.1, 0.15) is 11.4 Å². The van der Waals surface area contributed by atoms with Gasteiger partial charge in [-0.1, -0.05) is 11.2 Å². The predicted octanol–water partition coefficient (Wildman–Crippen LogP) is 3.11. The van der Waals surface area contributed by atoms with Crippen LogP contribution in [0.15, 0.2) is 53.2 Å². The van der Waals surface area contributed by atoms with E-state index in [9.17, 15) is 4.79 Å². The number of anilines is 1. The summed E-state index contributed by atoms with van der Waals surface area (Å²) in [4.78, 5) is 35.9. The van der Waals surface area contributed by atoms with Crippen LogP contribution >= 0.6 is 0 Å². The molecule has 4 heterocycles. The first-order chi connectivity index (χ1) is 20.4. The number of pyridine rings is 1. The number of piperidine rings is 1. The van der Waals surface area contributed by atoms with E-state index in [4.69, 9.17) is 19.2 Å². The number of amides is 2. The number of hydrogen-bond donors (Lipinski definition) is 2. The third-order valence-electron chi connectivity index (χ3n) is 7.50. The van der Waals surface area contributed by atoms with Gasteiger partial charge in [-0.3, -0.25) is 9.78 Å². The molecule has 0 atom stereocenters. The van der Waals surface area contributed by atoms with Crippen molar-refractivity contribution in [2.45, 2.75) is 31.4 Å². The average molecular weight is 584 g/mol. The molecule has 0 spiro atoms. The number of hydrogen-bond acceptors (Lipinski definition) is 9. The molecule has 0 unspecified atom stereocenters. The number of benzene rings is 1. The zero-order valence-electron chi connectivity index (χ0n) is 23.8. The highest BCUT2D eigenvalue weighted by molar-refractivity contribution is 5.74. The maximum Gasteiger partial charge on any atom is 0.324 e. The molecule has 0 radical (unpaired) electrons. The summed E-state index contributed by atoms with van der Waals surface area (Å²) in [5, 5.41) is 14.0. The number of halogens is 1. The minimum atomic E-state index is -1.18. The standard InChI is InChI=1S/C28H36FN7O3.CH2O2/c1-38-24-8-6-22(7-9-24)25-32-27(39-33-25)36-19-17-35(18-20-36)26(37)31-13-4-14-34-15-10-28(29,11-16-34)21-23-5-2-3-12-30-23;2-1-3/h2-3,5-9,12H,4,10-11,13-21H2,1H3,(H,31,37);1H,(H,2,3). The fraction of sp³-hybridized carbons (Fsp3) is 0.483. The SMILES string of the molecule is COc1ccc(-c2noc(N3CCN(C(=O)NCCCN4CCC(F)(Cc5ccccn5)CC4)CC3)n2)cc1.O=CO. The highest BCUT2D eigenvalue weighted by Crippen LogP contribution is 2.30. The number of piperazine rings is 1. The van der Waals surface area contributed by atoms with Crippen LogP contribution in [0.1, 0.15) is 25.0 Å². The van der Waals surface area contributed by atoms with Gasteiger partial charge in [-0.2, -0.15) is 4.98 Å². The first kappa shape index (κ1) is 30.7. The van der Waals surface area contributed by atoms with Gasteiger partial charge in [0.05, 0.1) is 7.11 Å². The fourth-order valence-corrected chi connectivity index (χ4v) is 5.09. The van der Waals surface area contributed by atoms with Gasteiger partial charge in [0, 0.05) is 69.7 Å². The molecule has 13 heteroatoms. The average Bonchev–Trinajstić information content (AvgIpc) is 3.52. The van der Waals surface area contributed by atoms with Gasteiger partial charge in [-0.05, 0) is 62.2 Å². The second-order valence-corrected chi connectivity index (χ2v) is 10.3. The highest BCUT2D eigenvalue weighted by atomic mass is 19.1. The monoisotopic (exact) mass is 583 g/mol. The number of nitrogens with one attached hydrogen (secondary N) is 1. The van der Waals surface area contributed by atoms with Gasteiger partial charge in [0.25, 0.3) is 6.47 Å². The molecule has 2 N–H and O–H groups in total. The van der Waals surface area contributed by atoms with Gasteiger partial charge in [-0.25, -0.2) is 9.18 Å². The number of methoxy groups -OCH3 is 1. The van der Waals surface area contributed by atoms with Crippen LogP contribution in [0.4, 0.5) is 15.2 Å². The van der Waals surface area contributed by atoms with E-state index in [0.29, 0.717) is 63.8 Å². The third-order valence-corrected chi connectivity index (χ3v) is 7.50. The van der Waals surface area contributed by atoms with Crippen molar-refractivity contribution in [1.82, 2.24) is 30.2 Å². The van der Waals surface area contributed by atoms with Crippen molar-refractivity contribution in [1.29, 1.82) is 0 Å². The zero-order valence-corrected chi connectivity index (χ0v) is 23.8. The van der Waals surface area contributed by atoms with Crippen molar-refractivity contribution in [3.8, 4) is 17.1 Å². The largest absolute Gasteiger partial charge is 0.497 e. The van der Waals surface area contributed by atoms with Gasteiger partial charge in [0.2, 0.25) is 5.82 Å². The highest BCUT2D eigenvalue weighted by Gasteiger charge is 2.35. The molecule has 0 saturated carbocycles. The number of alkyl halides is 1. The third kappa shape index (κ3) is 8.62. The lowest BCUT2D eigenvalue weighted by Crippen LogP contribution is -2.52. The van der Waals surface area contributed by atoms with E-state index in [2.05, 4.69) is 25.3 Å². The zero-order chi connectivity index (χ0) is 29.8. The Morgan fingerprint density at radius 1 is 1.12 bits per heavy atom. The summed E-state index contributed by atoms with van der Waals surface area (Å²) in [6.45, 7) is 5.05. The summed E-state index contributed by atoms with van der Waals surface area (Å²) in [7, 11) is 1.63. The number of carbonyl (C=O) groups excluding carboxylic acids is 1. The van der Waals surface area contributed by atoms with Gasteiger partial charge >= 0.3 is 12.0 Å². The first-order valence-electron chi connectivity index (χ1n) is 14.1. The molecule has 5 rings (SSSR count). The molecule has 12 nitrogen and oxygen atoms in total. The van der Waals surface area contributed by atoms with Crippen LogP contribution in [0.25, 0.3) is 11.4 Å². The maximum atomic E-state index is 15.2. The quantitative estimate of drug-likeness (QED) is 0.286. The topological polar surface area (TPSA) is 137 Å². The summed E-state index contributed by atoms with van der Waals surface area (Å²) in [6, 6.07) is 13.5. The molecule has 2 amide bonds. The summed E-state index contributed by atoms with van der Waals surface area (Å²) < 4.78 is 25.9. The molecular formula is C29H38FN7O5. The Morgan fingerprint density at radius 3 is 2.48 bits per heavy atom. The number of likely N-dealkylation sites (tertiary alicyclic amines) is 1. The molecule has 1 aromatic carbocycles. The molecule has 0 bridgehead atoms. The first-order valence-corrected chi connectivity index (χ1v) is 14.1. The van der Waals surface area contributed by atoms with E-state index in [0.717, 1.165) is 43.1 Å². The normalized spacial score (nSPS) is 16.7. The molecule has 2 aliphatic rings. The van der Waals surface area contributed by atoms with Crippen molar-refractivity contribution in [2.75, 3.05) is 64.4 Å². The van der Waals surface area contributed by atoms with Crippen molar-refractivity contribution >= 4 is 18.5 Å². The van der Waals surface area contributed by atoms with E-state index >= 15 is 4.39 Å². The number of nitrogens with zero attached hydrogens (tertiary/aromatic N) is 6. The van der Waals surface area contributed by atoms with Crippen LogP contribution in [0.5, 0.6) is 5.75 Å². The number of rotatable bonds is 9. The van der Waals surface area contributed by atoms with Gasteiger partial charge in [0.15, 0.2) is 0 Å². The molecule has 2 aromatic heterocycles. The summed E-state index contributed by atoms with van der Waals surface area (Å²) in [5.74, 6) is 1.29. The Morgan fingerprint density at radius 2 is 1.83 bits per heavy atom. The van der Waals surface area contributed by atoms with E-state index in [1.165, 1.54) is 0 Å². The molecule has 42 heavy (non-hydrogen) atoms. The number of urea groups is 1. The van der Waals surface area contributed by atoms with Crippen LogP contribution in [0.2, 0.25) is 0 Å². The van der Waals surface area contributed by atoms with Crippen LogP contribution in [0.3, 0.4) is 0 Å². The van der Waals surface area contributed by atoms with E-state index in [-0.39, 0.29) is 12.5 Å². The lowest BCUT2D eigenvalue weighted by Gasteiger charge is -2.36. The summed E-state index contributed by atoms with van der Waals surface area (Å²) >= 11 is 0. The van der Waals surface area contributed by atoms with Crippen molar-refractivity contribution in [2.24, 2.45) is 0 Å². The minimum absolute atomic E-state index is 0.0594. The molecule has 2 aliphatic heterocycles. The van der Waals surface area contributed by atoms with Gasteiger partial charge in [-0.15, -0.1) is 0 Å². The summed E-state index contributed by atoms with van der Waals surface area (Å²) in [5.41, 5.74) is 0.480. The van der Waals surface area contributed by atoms with E-state index in [1.807, 2.05) is 52.3 Å². The fourth-order valence-electron chi connectivity index (χ4n) is 5.09. The van der Waals surface area contributed by atoms with E-state index in [1.54, 1.807) is 13.3 Å². The Hall–Kier alpha value is -4.26. The number of carbonyl (C=O) groups is 2. The van der Waals surface area contributed by atoms with Gasteiger partial charge < -0.3 is 34.4 Å². The number of ether oxygens (including phenoxy) is 1. The minimum Gasteiger partial charge on any atom is -0.497 e. The number of aromatic nitrogens is 3. The number of carboxylic acid groups (broad SMARTS) is 1. The van der Waals surface area contributed by atoms with Crippen molar-refractivity contribution in [3.05, 3.63) is 54.4 Å². The smallest absolute Gasteiger partial charge is 0.324 e. The molecular weight excluding hydrogens is 545 g/mol. The van der Waals surface area contributed by atoms with Crippen molar-refractivity contribution in [3.63, 3.8) is 0 Å². The van der Waals surface area contributed by atoms with Crippen LogP contribution in [0, 0.1) is 0 Å². The molecule has 226 valence electrons. The van der Waals surface area contributed by atoms with Crippen LogP contribution < -0.4 is 15.0 Å². The molecule has 3 aromatic rings. The van der Waals surface area contributed by atoms with E-state index < -0.39 is 5.67 Å². The molecule has 0 aliphatic carbocycles. The second-order valence-electron chi connectivity index (χ2n) is 10.3. The maximum absolute atomic E-state index is 15.2. The Kier molecular flexibility index (Phi) is 11.0. The Balaban J connectivity index is 0.00000129. The second kappa shape index (κ2) is 15.1. The van der Waals surface area contributed by atoms with Crippen molar-refractivity contribution < 1.29 is 28.3 Å². The molecule has 2 saturated heterocycles. The summed E-state index contributed by atoms with van der Waals surface area (Å²) in [6.07, 6.45) is 3.96.